The summed E-state index contributed by atoms with van der Waals surface area (Å²) in [6.07, 6.45) is 2.57. The molecule has 0 radical (unpaired) electrons. The molecule has 0 aliphatic heterocycles. The monoisotopic (exact) mass is 273 g/mol. The van der Waals surface area contributed by atoms with E-state index in [0.29, 0.717) is 12.2 Å². The average molecular weight is 274 g/mol. The van der Waals surface area contributed by atoms with Crippen molar-refractivity contribution in [3.63, 3.8) is 0 Å². The lowest BCUT2D eigenvalue weighted by atomic mass is 10.2. The first-order valence-electron chi connectivity index (χ1n) is 5.12. The number of aromatic nitrogens is 2. The Labute approximate surface area is 98.2 Å². The molecular formula is C10H16BrN3O. The molecule has 15 heavy (non-hydrogen) atoms. The maximum absolute atomic E-state index is 11.9. The van der Waals surface area contributed by atoms with Gasteiger partial charge in [0.1, 0.15) is 5.69 Å². The van der Waals surface area contributed by atoms with Gasteiger partial charge in [-0.15, -0.1) is 0 Å². The van der Waals surface area contributed by atoms with Crippen LogP contribution in [0.5, 0.6) is 0 Å². The van der Waals surface area contributed by atoms with Gasteiger partial charge >= 0.3 is 0 Å². The van der Waals surface area contributed by atoms with Gasteiger partial charge in [-0.1, -0.05) is 6.92 Å². The van der Waals surface area contributed by atoms with Crippen LogP contribution in [0.2, 0.25) is 0 Å². The van der Waals surface area contributed by atoms with E-state index in [4.69, 9.17) is 0 Å². The van der Waals surface area contributed by atoms with Gasteiger partial charge in [0.15, 0.2) is 0 Å². The molecule has 0 aliphatic carbocycles. The first-order chi connectivity index (χ1) is 7.10. The smallest absolute Gasteiger partial charge is 0.270 e. The van der Waals surface area contributed by atoms with Crippen LogP contribution < -0.4 is 5.32 Å². The van der Waals surface area contributed by atoms with E-state index in [1.165, 1.54) is 0 Å². The molecule has 0 saturated carbocycles. The summed E-state index contributed by atoms with van der Waals surface area (Å²) < 4.78 is 2.42. The molecule has 5 heteroatoms. The van der Waals surface area contributed by atoms with Crippen molar-refractivity contribution in [1.29, 1.82) is 0 Å². The van der Waals surface area contributed by atoms with E-state index in [9.17, 15) is 4.79 Å². The van der Waals surface area contributed by atoms with E-state index in [1.54, 1.807) is 10.9 Å². The second kappa shape index (κ2) is 5.30. The van der Waals surface area contributed by atoms with E-state index >= 15 is 0 Å². The Hall–Kier alpha value is -0.840. The van der Waals surface area contributed by atoms with Crippen molar-refractivity contribution >= 4 is 21.8 Å². The van der Waals surface area contributed by atoms with Gasteiger partial charge in [0.05, 0.1) is 10.7 Å². The van der Waals surface area contributed by atoms with Gasteiger partial charge in [0.25, 0.3) is 5.91 Å². The fourth-order valence-electron chi connectivity index (χ4n) is 1.22. The molecule has 1 atom stereocenters. The highest BCUT2D eigenvalue weighted by Crippen LogP contribution is 2.15. The number of rotatable bonds is 4. The molecule has 1 heterocycles. The van der Waals surface area contributed by atoms with Crippen LogP contribution in [0, 0.1) is 0 Å². The SMILES string of the molecule is CC[C@H](C)NC(=O)c1c(Br)cnn1CC. The normalized spacial score (nSPS) is 12.5. The molecule has 0 unspecified atom stereocenters. The fourth-order valence-corrected chi connectivity index (χ4v) is 1.70. The van der Waals surface area contributed by atoms with Gasteiger partial charge in [-0.25, -0.2) is 0 Å². The first kappa shape index (κ1) is 12.2. The topological polar surface area (TPSA) is 46.9 Å². The minimum absolute atomic E-state index is 0.0735. The molecular weight excluding hydrogens is 258 g/mol. The fraction of sp³-hybridized carbons (Fsp3) is 0.600. The van der Waals surface area contributed by atoms with Gasteiger partial charge < -0.3 is 5.32 Å². The zero-order valence-electron chi connectivity index (χ0n) is 9.25. The number of nitrogens with one attached hydrogen (secondary N) is 1. The maximum Gasteiger partial charge on any atom is 0.270 e. The minimum atomic E-state index is -0.0735. The number of carbonyl (C=O) groups is 1. The third-order valence-electron chi connectivity index (χ3n) is 2.30. The Morgan fingerprint density at radius 3 is 2.87 bits per heavy atom. The summed E-state index contributed by atoms with van der Waals surface area (Å²) in [5.41, 5.74) is 0.595. The van der Waals surface area contributed by atoms with Crippen molar-refractivity contribution in [2.45, 2.75) is 39.8 Å². The van der Waals surface area contributed by atoms with E-state index < -0.39 is 0 Å². The second-order valence-electron chi connectivity index (χ2n) is 3.44. The largest absolute Gasteiger partial charge is 0.348 e. The number of hydrogen-bond acceptors (Lipinski definition) is 2. The Morgan fingerprint density at radius 1 is 1.67 bits per heavy atom. The number of nitrogens with zero attached hydrogens (tertiary/aromatic N) is 2. The summed E-state index contributed by atoms with van der Waals surface area (Å²) in [6, 6.07) is 0.185. The van der Waals surface area contributed by atoms with Crippen LogP contribution in [-0.2, 0) is 6.54 Å². The molecule has 0 aromatic carbocycles. The first-order valence-corrected chi connectivity index (χ1v) is 5.91. The molecule has 84 valence electrons. The Bertz CT molecular complexity index is 348. The lowest BCUT2D eigenvalue weighted by molar-refractivity contribution is 0.0927. The van der Waals surface area contributed by atoms with Gasteiger partial charge in [-0.3, -0.25) is 9.48 Å². The Kier molecular flexibility index (Phi) is 4.32. The quantitative estimate of drug-likeness (QED) is 0.914. The predicted molar refractivity (Wildman–Crippen MR) is 62.8 cm³/mol. The van der Waals surface area contributed by atoms with E-state index in [1.807, 2.05) is 20.8 Å². The highest BCUT2D eigenvalue weighted by molar-refractivity contribution is 9.10. The van der Waals surface area contributed by atoms with Crippen molar-refractivity contribution < 1.29 is 4.79 Å². The van der Waals surface area contributed by atoms with Crippen LogP contribution in [-0.4, -0.2) is 21.7 Å². The minimum Gasteiger partial charge on any atom is -0.348 e. The highest BCUT2D eigenvalue weighted by atomic mass is 79.9. The maximum atomic E-state index is 11.9. The number of carbonyl (C=O) groups excluding carboxylic acids is 1. The van der Waals surface area contributed by atoms with E-state index in [-0.39, 0.29) is 11.9 Å². The number of aryl methyl sites for hydroxylation is 1. The zero-order valence-corrected chi connectivity index (χ0v) is 10.8. The van der Waals surface area contributed by atoms with Gasteiger partial charge in [-0.2, -0.15) is 5.10 Å². The van der Waals surface area contributed by atoms with Crippen LogP contribution in [0.1, 0.15) is 37.7 Å². The molecule has 0 saturated heterocycles. The summed E-state index contributed by atoms with van der Waals surface area (Å²) in [5, 5.41) is 7.02. The van der Waals surface area contributed by atoms with Gasteiger partial charge in [-0.05, 0) is 36.2 Å². The summed E-state index contributed by atoms with van der Waals surface area (Å²) >= 11 is 3.33. The molecule has 0 bridgehead atoms. The molecule has 0 spiro atoms. The van der Waals surface area contributed by atoms with Crippen molar-refractivity contribution in [1.82, 2.24) is 15.1 Å². The zero-order chi connectivity index (χ0) is 11.4. The van der Waals surface area contributed by atoms with Crippen molar-refractivity contribution in [3.8, 4) is 0 Å². The van der Waals surface area contributed by atoms with Crippen LogP contribution in [0.15, 0.2) is 10.7 Å². The number of halogens is 1. The lowest BCUT2D eigenvalue weighted by Gasteiger charge is -2.12. The van der Waals surface area contributed by atoms with Crippen LogP contribution in [0.25, 0.3) is 0 Å². The summed E-state index contributed by atoms with van der Waals surface area (Å²) in [6.45, 7) is 6.67. The second-order valence-corrected chi connectivity index (χ2v) is 4.29. The molecule has 4 nitrogen and oxygen atoms in total. The molecule has 1 aromatic heterocycles. The number of hydrogen-bond donors (Lipinski definition) is 1. The van der Waals surface area contributed by atoms with E-state index in [0.717, 1.165) is 10.9 Å². The van der Waals surface area contributed by atoms with Crippen LogP contribution in [0.3, 0.4) is 0 Å². The molecule has 1 rings (SSSR count). The Morgan fingerprint density at radius 2 is 2.33 bits per heavy atom. The van der Waals surface area contributed by atoms with Crippen molar-refractivity contribution in [3.05, 3.63) is 16.4 Å². The van der Waals surface area contributed by atoms with Crippen LogP contribution in [0.4, 0.5) is 0 Å². The van der Waals surface area contributed by atoms with Gasteiger partial charge in [0, 0.05) is 12.6 Å². The predicted octanol–water partition coefficient (Wildman–Crippen LogP) is 2.19. The summed E-state index contributed by atoms with van der Waals surface area (Å²) in [7, 11) is 0. The molecule has 1 N–H and O–H groups in total. The highest BCUT2D eigenvalue weighted by Gasteiger charge is 2.17. The van der Waals surface area contributed by atoms with Crippen LogP contribution >= 0.6 is 15.9 Å². The van der Waals surface area contributed by atoms with Crippen molar-refractivity contribution in [2.75, 3.05) is 0 Å². The van der Waals surface area contributed by atoms with E-state index in [2.05, 4.69) is 26.3 Å². The van der Waals surface area contributed by atoms with Gasteiger partial charge in [0.2, 0.25) is 0 Å². The average Bonchev–Trinajstić information content (AvgIpc) is 2.59. The summed E-state index contributed by atoms with van der Waals surface area (Å²) in [4.78, 5) is 11.9. The van der Waals surface area contributed by atoms with Crippen molar-refractivity contribution in [2.24, 2.45) is 0 Å². The number of amides is 1. The lowest BCUT2D eigenvalue weighted by Crippen LogP contribution is -2.33. The standard InChI is InChI=1S/C10H16BrN3O/c1-4-7(3)13-10(15)9-8(11)6-12-14(9)5-2/h6-7H,4-5H2,1-3H3,(H,13,15)/t7-/m0/s1. The molecule has 1 amide bonds. The molecule has 0 aliphatic rings. The third-order valence-corrected chi connectivity index (χ3v) is 2.88. The Balaban J connectivity index is 2.85. The molecule has 1 aromatic rings. The third kappa shape index (κ3) is 2.81. The molecule has 0 fully saturated rings. The summed E-state index contributed by atoms with van der Waals surface area (Å²) in [5.74, 6) is -0.0735.